The van der Waals surface area contributed by atoms with Crippen LogP contribution in [0.4, 0.5) is 5.82 Å². The Balaban J connectivity index is 2.20. The molecule has 0 unspecified atom stereocenters. The van der Waals surface area contributed by atoms with Crippen molar-refractivity contribution in [2.75, 3.05) is 5.32 Å². The Morgan fingerprint density at radius 3 is 2.67 bits per heavy atom. The summed E-state index contributed by atoms with van der Waals surface area (Å²) in [6.45, 7) is 5.87. The smallest absolute Gasteiger partial charge is 0.326 e. The predicted octanol–water partition coefficient (Wildman–Crippen LogP) is 2.31. The minimum absolute atomic E-state index is 0.207. The summed E-state index contributed by atoms with van der Waals surface area (Å²) >= 11 is 0. The number of hydrogen-bond donors (Lipinski definition) is 3. The third kappa shape index (κ3) is 4.65. The van der Waals surface area contributed by atoms with Crippen molar-refractivity contribution < 1.29 is 9.90 Å². The van der Waals surface area contributed by atoms with Gasteiger partial charge in [0.05, 0.1) is 0 Å². The monoisotopic (exact) mass is 330 g/mol. The van der Waals surface area contributed by atoms with E-state index in [4.69, 9.17) is 0 Å². The van der Waals surface area contributed by atoms with Crippen molar-refractivity contribution in [3.05, 3.63) is 40.4 Å². The minimum atomic E-state index is -0.906. The average molecular weight is 330 g/mol. The Kier molecular flexibility index (Phi) is 5.68. The molecule has 0 aliphatic rings. The van der Waals surface area contributed by atoms with E-state index in [1.165, 1.54) is 6.07 Å². The number of carbonyl (C=O) groups is 1. The summed E-state index contributed by atoms with van der Waals surface area (Å²) in [6, 6.07) is 4.21. The van der Waals surface area contributed by atoms with Gasteiger partial charge in [-0.05, 0) is 30.9 Å². The van der Waals surface area contributed by atoms with Crippen molar-refractivity contribution in [2.45, 2.75) is 39.7 Å². The molecule has 2 rings (SSSR count). The number of aryl methyl sites for hydroxylation is 1. The molecule has 0 radical (unpaired) electrons. The Hall–Kier alpha value is -2.70. The molecule has 128 valence electrons. The molecule has 2 aromatic rings. The number of carboxylic acid groups (broad SMARTS) is 1. The van der Waals surface area contributed by atoms with Crippen molar-refractivity contribution in [1.82, 2.24) is 15.0 Å². The first-order valence-electron chi connectivity index (χ1n) is 7.95. The van der Waals surface area contributed by atoms with Crippen LogP contribution >= 0.6 is 0 Å². The summed E-state index contributed by atoms with van der Waals surface area (Å²) in [5, 5.41) is 12.2. The molecule has 2 heterocycles. The maximum absolute atomic E-state index is 11.6. The molecule has 0 spiro atoms. The Bertz CT molecular complexity index is 753. The van der Waals surface area contributed by atoms with E-state index in [9.17, 15) is 14.7 Å². The van der Waals surface area contributed by atoms with Gasteiger partial charge in [-0.25, -0.2) is 14.8 Å². The zero-order valence-electron chi connectivity index (χ0n) is 14.0. The van der Waals surface area contributed by atoms with E-state index in [1.807, 2.05) is 20.8 Å². The average Bonchev–Trinajstić information content (AvgIpc) is 2.53. The molecule has 7 heteroatoms. The summed E-state index contributed by atoms with van der Waals surface area (Å²) in [5.41, 5.74) is 1.17. The van der Waals surface area contributed by atoms with Crippen LogP contribution in [0.1, 0.15) is 32.9 Å². The van der Waals surface area contributed by atoms with Crippen LogP contribution in [0.15, 0.2) is 29.2 Å². The van der Waals surface area contributed by atoms with E-state index in [0.29, 0.717) is 35.7 Å². The first-order chi connectivity index (χ1) is 11.4. The van der Waals surface area contributed by atoms with E-state index in [-0.39, 0.29) is 11.5 Å². The van der Waals surface area contributed by atoms with Gasteiger partial charge in [0.2, 0.25) is 0 Å². The Morgan fingerprint density at radius 1 is 1.38 bits per heavy atom. The number of rotatable bonds is 7. The normalized spacial score (nSPS) is 12.2. The summed E-state index contributed by atoms with van der Waals surface area (Å²) < 4.78 is 0. The standard InChI is InChI=1S/C17H22N4O3/c1-4-12-8-15(22)21-16(19-12)11-5-6-14(18-9-11)20-13(17(23)24)7-10(2)3/h5-6,8-10,13H,4,7H2,1-3H3,(H,18,20)(H,23,24)(H,19,21,22)/t13-/m1/s1. The van der Waals surface area contributed by atoms with Crippen LogP contribution in [0.2, 0.25) is 0 Å². The lowest BCUT2D eigenvalue weighted by atomic mass is 10.0. The molecule has 24 heavy (non-hydrogen) atoms. The first kappa shape index (κ1) is 17.7. The number of hydrogen-bond acceptors (Lipinski definition) is 5. The minimum Gasteiger partial charge on any atom is -0.480 e. The molecule has 0 aliphatic carbocycles. The fourth-order valence-electron chi connectivity index (χ4n) is 2.32. The van der Waals surface area contributed by atoms with Crippen LogP contribution in [0.5, 0.6) is 0 Å². The largest absolute Gasteiger partial charge is 0.480 e. The quantitative estimate of drug-likeness (QED) is 0.719. The number of pyridine rings is 1. The zero-order valence-corrected chi connectivity index (χ0v) is 14.0. The maximum Gasteiger partial charge on any atom is 0.326 e. The number of carboxylic acids is 1. The van der Waals surface area contributed by atoms with E-state index in [2.05, 4.69) is 20.3 Å². The zero-order chi connectivity index (χ0) is 17.7. The lowest BCUT2D eigenvalue weighted by Crippen LogP contribution is -2.31. The molecule has 7 nitrogen and oxygen atoms in total. The van der Waals surface area contributed by atoms with Crippen molar-refractivity contribution in [2.24, 2.45) is 5.92 Å². The topological polar surface area (TPSA) is 108 Å². The van der Waals surface area contributed by atoms with Gasteiger partial charge >= 0.3 is 5.97 Å². The highest BCUT2D eigenvalue weighted by molar-refractivity contribution is 5.77. The van der Waals surface area contributed by atoms with Crippen LogP contribution in [0, 0.1) is 5.92 Å². The van der Waals surface area contributed by atoms with Gasteiger partial charge in [0.25, 0.3) is 5.56 Å². The molecule has 0 amide bonds. The molecule has 0 saturated heterocycles. The van der Waals surface area contributed by atoms with E-state index in [1.54, 1.807) is 18.3 Å². The van der Waals surface area contributed by atoms with Gasteiger partial charge in [-0.15, -0.1) is 0 Å². The van der Waals surface area contributed by atoms with Gasteiger partial charge in [-0.3, -0.25) is 4.79 Å². The third-order valence-electron chi connectivity index (χ3n) is 3.52. The predicted molar refractivity (Wildman–Crippen MR) is 92.0 cm³/mol. The fourth-order valence-corrected chi connectivity index (χ4v) is 2.32. The van der Waals surface area contributed by atoms with Gasteiger partial charge in [-0.1, -0.05) is 20.8 Å². The SMILES string of the molecule is CCc1cc(=O)[nH]c(-c2ccc(N[C@H](CC(C)C)C(=O)O)nc2)n1. The molecule has 3 N–H and O–H groups in total. The third-order valence-corrected chi connectivity index (χ3v) is 3.52. The molecule has 0 saturated carbocycles. The number of aliphatic carboxylic acids is 1. The first-order valence-corrected chi connectivity index (χ1v) is 7.95. The summed E-state index contributed by atoms with van der Waals surface area (Å²) in [7, 11) is 0. The van der Waals surface area contributed by atoms with Gasteiger partial charge in [0.1, 0.15) is 17.7 Å². The fraction of sp³-hybridized carbons (Fsp3) is 0.412. The molecular formula is C17H22N4O3. The van der Waals surface area contributed by atoms with Crippen molar-refractivity contribution in [3.63, 3.8) is 0 Å². The van der Waals surface area contributed by atoms with Crippen LogP contribution in [-0.4, -0.2) is 32.1 Å². The molecule has 2 aromatic heterocycles. The van der Waals surface area contributed by atoms with Gasteiger partial charge in [0, 0.05) is 23.5 Å². The van der Waals surface area contributed by atoms with Crippen LogP contribution in [-0.2, 0) is 11.2 Å². The number of H-pyrrole nitrogens is 1. The van der Waals surface area contributed by atoms with Crippen molar-refractivity contribution in [1.29, 1.82) is 0 Å². The molecule has 0 aromatic carbocycles. The molecule has 0 fully saturated rings. The lowest BCUT2D eigenvalue weighted by molar-refractivity contribution is -0.138. The van der Waals surface area contributed by atoms with Gasteiger partial charge in [0.15, 0.2) is 0 Å². The van der Waals surface area contributed by atoms with E-state index < -0.39 is 12.0 Å². The summed E-state index contributed by atoms with van der Waals surface area (Å²) in [5.74, 6) is 0.274. The molecule has 0 aliphatic heterocycles. The van der Waals surface area contributed by atoms with Crippen LogP contribution in [0.3, 0.4) is 0 Å². The number of aromatic amines is 1. The van der Waals surface area contributed by atoms with Crippen molar-refractivity contribution in [3.8, 4) is 11.4 Å². The van der Waals surface area contributed by atoms with E-state index >= 15 is 0 Å². The number of nitrogens with one attached hydrogen (secondary N) is 2. The Labute approximate surface area is 140 Å². The van der Waals surface area contributed by atoms with E-state index in [0.717, 1.165) is 0 Å². The summed E-state index contributed by atoms with van der Waals surface area (Å²) in [4.78, 5) is 34.2. The van der Waals surface area contributed by atoms with Crippen LogP contribution < -0.4 is 10.9 Å². The highest BCUT2D eigenvalue weighted by Crippen LogP contribution is 2.17. The second-order valence-corrected chi connectivity index (χ2v) is 6.04. The van der Waals surface area contributed by atoms with Crippen LogP contribution in [0.25, 0.3) is 11.4 Å². The second kappa shape index (κ2) is 7.72. The highest BCUT2D eigenvalue weighted by atomic mass is 16.4. The van der Waals surface area contributed by atoms with Crippen molar-refractivity contribution >= 4 is 11.8 Å². The number of anilines is 1. The summed E-state index contributed by atoms with van der Waals surface area (Å²) in [6.07, 6.45) is 2.74. The van der Waals surface area contributed by atoms with Gasteiger partial charge < -0.3 is 15.4 Å². The molecule has 0 bridgehead atoms. The lowest BCUT2D eigenvalue weighted by Gasteiger charge is -2.17. The number of nitrogens with zero attached hydrogens (tertiary/aromatic N) is 2. The second-order valence-electron chi connectivity index (χ2n) is 6.04. The molecule has 1 atom stereocenters. The Morgan fingerprint density at radius 2 is 2.12 bits per heavy atom. The maximum atomic E-state index is 11.6. The molecular weight excluding hydrogens is 308 g/mol. The van der Waals surface area contributed by atoms with Gasteiger partial charge in [-0.2, -0.15) is 0 Å². The number of aromatic nitrogens is 3. The highest BCUT2D eigenvalue weighted by Gasteiger charge is 2.19.